The van der Waals surface area contributed by atoms with Crippen LogP contribution < -0.4 is 10.2 Å². The van der Waals surface area contributed by atoms with Crippen LogP contribution in [0, 0.1) is 0 Å². The van der Waals surface area contributed by atoms with Gasteiger partial charge in [-0.2, -0.15) is 15.0 Å². The maximum atomic E-state index is 12.8. The Morgan fingerprint density at radius 2 is 1.82 bits per heavy atom. The molecule has 1 aliphatic heterocycles. The number of benzene rings is 1. The van der Waals surface area contributed by atoms with Gasteiger partial charge in [0.2, 0.25) is 11.9 Å². The van der Waals surface area contributed by atoms with E-state index in [4.69, 9.17) is 4.98 Å². The van der Waals surface area contributed by atoms with Gasteiger partial charge in [-0.15, -0.1) is 11.3 Å². The second kappa shape index (κ2) is 10.1. The smallest absolute Gasteiger partial charge is 0.233 e. The van der Waals surface area contributed by atoms with Gasteiger partial charge in [0.15, 0.2) is 11.6 Å². The molecule has 4 aromatic rings. The Morgan fingerprint density at radius 3 is 2.59 bits per heavy atom. The number of likely N-dealkylation sites (N-methyl/N-ethyl adjacent to an activating group) is 1. The van der Waals surface area contributed by atoms with Gasteiger partial charge in [-0.05, 0) is 36.2 Å². The lowest BCUT2D eigenvalue weighted by atomic mass is 10.0. The van der Waals surface area contributed by atoms with Crippen LogP contribution in [-0.4, -0.2) is 63.8 Å². The van der Waals surface area contributed by atoms with Gasteiger partial charge in [0, 0.05) is 44.4 Å². The number of aromatic nitrogens is 4. The van der Waals surface area contributed by atoms with E-state index in [1.54, 1.807) is 29.7 Å². The number of ketones is 1. The zero-order valence-corrected chi connectivity index (χ0v) is 19.7. The SMILES string of the molecule is CN1CCN(c2nc(Nc3cc(C(=O)Cc4ccccc4)ccn3)nc(-c3cccs3)n2)CC1. The van der Waals surface area contributed by atoms with Crippen LogP contribution >= 0.6 is 11.3 Å². The monoisotopic (exact) mass is 471 g/mol. The zero-order valence-electron chi connectivity index (χ0n) is 18.9. The minimum absolute atomic E-state index is 0.0321. The van der Waals surface area contributed by atoms with Crippen LogP contribution in [0.25, 0.3) is 10.7 Å². The van der Waals surface area contributed by atoms with Crippen LogP contribution in [-0.2, 0) is 6.42 Å². The van der Waals surface area contributed by atoms with Crippen molar-refractivity contribution in [1.29, 1.82) is 0 Å². The molecule has 34 heavy (non-hydrogen) atoms. The lowest BCUT2D eigenvalue weighted by Crippen LogP contribution is -2.45. The second-order valence-corrected chi connectivity index (χ2v) is 9.14. The standard InChI is InChI=1S/C25H25N7OS/c1-31-11-13-32(14-12-31)25-29-23(21-8-5-15-34-21)28-24(30-25)27-22-17-19(9-10-26-22)20(33)16-18-6-3-2-4-7-18/h2-10,15,17H,11-14,16H2,1H3,(H,26,27,28,29,30). The van der Waals surface area contributed by atoms with Gasteiger partial charge in [0.1, 0.15) is 5.82 Å². The topological polar surface area (TPSA) is 87.1 Å². The normalized spacial score (nSPS) is 14.2. The van der Waals surface area contributed by atoms with E-state index in [2.05, 4.69) is 37.1 Å². The summed E-state index contributed by atoms with van der Waals surface area (Å²) in [7, 11) is 2.12. The van der Waals surface area contributed by atoms with Crippen molar-refractivity contribution < 1.29 is 4.79 Å². The van der Waals surface area contributed by atoms with Gasteiger partial charge in [-0.25, -0.2) is 4.98 Å². The highest BCUT2D eigenvalue weighted by Gasteiger charge is 2.19. The lowest BCUT2D eigenvalue weighted by molar-refractivity contribution is 0.0993. The Hall–Kier alpha value is -3.69. The molecule has 1 aromatic carbocycles. The number of nitrogens with zero attached hydrogens (tertiary/aromatic N) is 6. The largest absolute Gasteiger partial charge is 0.338 e. The maximum absolute atomic E-state index is 12.8. The molecule has 0 bridgehead atoms. The summed E-state index contributed by atoms with van der Waals surface area (Å²) in [5.41, 5.74) is 1.57. The van der Waals surface area contributed by atoms with Crippen LogP contribution in [0.15, 0.2) is 66.2 Å². The first-order valence-electron chi connectivity index (χ1n) is 11.2. The van der Waals surface area contributed by atoms with E-state index in [0.29, 0.717) is 35.5 Å². The Balaban J connectivity index is 1.40. The third-order valence-electron chi connectivity index (χ3n) is 5.68. The summed E-state index contributed by atoms with van der Waals surface area (Å²) in [6.45, 7) is 3.61. The van der Waals surface area contributed by atoms with Crippen molar-refractivity contribution in [1.82, 2.24) is 24.8 Å². The predicted molar refractivity (Wildman–Crippen MR) is 135 cm³/mol. The molecule has 1 aliphatic rings. The highest BCUT2D eigenvalue weighted by Crippen LogP contribution is 2.25. The molecule has 8 nitrogen and oxygen atoms in total. The number of anilines is 3. The summed E-state index contributed by atoms with van der Waals surface area (Å²) in [4.78, 5) is 36.7. The molecule has 0 aliphatic carbocycles. The molecule has 9 heteroatoms. The van der Waals surface area contributed by atoms with E-state index < -0.39 is 0 Å². The number of thiophene rings is 1. The molecule has 0 amide bonds. The Kier molecular flexibility index (Phi) is 6.55. The molecule has 172 valence electrons. The lowest BCUT2D eigenvalue weighted by Gasteiger charge is -2.32. The molecular weight excluding hydrogens is 446 g/mol. The van der Waals surface area contributed by atoms with Gasteiger partial charge >= 0.3 is 0 Å². The number of carbonyl (C=O) groups excluding carboxylic acids is 1. The van der Waals surface area contributed by atoms with Crippen LogP contribution in [0.3, 0.4) is 0 Å². The van der Waals surface area contributed by atoms with Gasteiger partial charge in [0.05, 0.1) is 4.88 Å². The molecule has 3 aromatic heterocycles. The second-order valence-electron chi connectivity index (χ2n) is 8.19. The average molecular weight is 472 g/mol. The number of piperazine rings is 1. The average Bonchev–Trinajstić information content (AvgIpc) is 3.40. The van der Waals surface area contributed by atoms with Crippen molar-refractivity contribution >= 4 is 34.8 Å². The van der Waals surface area contributed by atoms with Crippen LogP contribution in [0.4, 0.5) is 17.7 Å². The third-order valence-corrected chi connectivity index (χ3v) is 6.55. The van der Waals surface area contributed by atoms with Crippen molar-refractivity contribution in [3.8, 4) is 10.7 Å². The highest BCUT2D eigenvalue weighted by atomic mass is 32.1. The molecule has 1 N–H and O–H groups in total. The first kappa shape index (κ1) is 22.1. The summed E-state index contributed by atoms with van der Waals surface area (Å²) >= 11 is 1.59. The van der Waals surface area contributed by atoms with Crippen LogP contribution in [0.2, 0.25) is 0 Å². The van der Waals surface area contributed by atoms with Gasteiger partial charge < -0.3 is 15.1 Å². The van der Waals surface area contributed by atoms with E-state index in [-0.39, 0.29) is 5.78 Å². The van der Waals surface area contributed by atoms with Crippen LogP contribution in [0.1, 0.15) is 15.9 Å². The van der Waals surface area contributed by atoms with Crippen molar-refractivity contribution in [2.75, 3.05) is 43.4 Å². The van der Waals surface area contributed by atoms with Crippen molar-refractivity contribution in [2.45, 2.75) is 6.42 Å². The van der Waals surface area contributed by atoms with Crippen molar-refractivity contribution in [3.05, 3.63) is 77.3 Å². The first-order chi connectivity index (χ1) is 16.6. The molecule has 1 saturated heterocycles. The van der Waals surface area contributed by atoms with Crippen LogP contribution in [0.5, 0.6) is 0 Å². The molecule has 0 unspecified atom stereocenters. The highest BCUT2D eigenvalue weighted by molar-refractivity contribution is 7.13. The van der Waals surface area contributed by atoms with Gasteiger partial charge in [-0.1, -0.05) is 36.4 Å². The minimum atomic E-state index is 0.0321. The van der Waals surface area contributed by atoms with E-state index in [1.165, 1.54) is 0 Å². The molecule has 5 rings (SSSR count). The molecular formula is C25H25N7OS. The number of Topliss-reactive ketones (excluding diaryl/α,β-unsaturated/α-hetero) is 1. The molecule has 0 radical (unpaired) electrons. The van der Waals surface area contributed by atoms with E-state index in [9.17, 15) is 4.79 Å². The van der Waals surface area contributed by atoms with Crippen molar-refractivity contribution in [3.63, 3.8) is 0 Å². The summed E-state index contributed by atoms with van der Waals surface area (Å²) in [6.07, 6.45) is 1.97. The minimum Gasteiger partial charge on any atom is -0.338 e. The number of pyridine rings is 1. The molecule has 1 fully saturated rings. The Morgan fingerprint density at radius 1 is 1.00 bits per heavy atom. The maximum Gasteiger partial charge on any atom is 0.233 e. The van der Waals surface area contributed by atoms with Crippen molar-refractivity contribution in [2.24, 2.45) is 0 Å². The molecule has 0 saturated carbocycles. The van der Waals surface area contributed by atoms with E-state index >= 15 is 0 Å². The van der Waals surface area contributed by atoms with E-state index in [0.717, 1.165) is 36.6 Å². The fourth-order valence-corrected chi connectivity index (χ4v) is 4.41. The number of rotatable bonds is 7. The molecule has 4 heterocycles. The molecule has 0 atom stereocenters. The summed E-state index contributed by atoms with van der Waals surface area (Å²) in [5.74, 6) is 2.23. The van der Waals surface area contributed by atoms with Gasteiger partial charge in [0.25, 0.3) is 0 Å². The Labute approximate surface area is 202 Å². The van der Waals surface area contributed by atoms with Gasteiger partial charge in [-0.3, -0.25) is 4.79 Å². The number of hydrogen-bond donors (Lipinski definition) is 1. The van der Waals surface area contributed by atoms with E-state index in [1.807, 2.05) is 47.8 Å². The fourth-order valence-electron chi connectivity index (χ4n) is 3.75. The fraction of sp³-hybridized carbons (Fsp3) is 0.240. The summed E-state index contributed by atoms with van der Waals surface area (Å²) in [6, 6.07) is 17.2. The summed E-state index contributed by atoms with van der Waals surface area (Å²) in [5, 5.41) is 5.20. The number of nitrogens with one attached hydrogen (secondary N) is 1. The summed E-state index contributed by atoms with van der Waals surface area (Å²) < 4.78 is 0. The molecule has 0 spiro atoms. The quantitative estimate of drug-likeness (QED) is 0.406. The predicted octanol–water partition coefficient (Wildman–Crippen LogP) is 3.92. The first-order valence-corrected chi connectivity index (χ1v) is 12.1. The third kappa shape index (κ3) is 5.27. The zero-order chi connectivity index (χ0) is 23.3. The number of hydrogen-bond acceptors (Lipinski definition) is 9. The number of carbonyl (C=O) groups is 1. The Bertz CT molecular complexity index is 1260.